The maximum atomic E-state index is 13.7. The second-order valence-electron chi connectivity index (χ2n) is 7.92. The maximum Gasteiger partial charge on any atom is 0.271 e. The van der Waals surface area contributed by atoms with Gasteiger partial charge in [0.2, 0.25) is 5.43 Å². The molecular formula is C22H25F2N3O5. The molecule has 32 heavy (non-hydrogen) atoms. The van der Waals surface area contributed by atoms with Crippen molar-refractivity contribution in [3.8, 4) is 5.75 Å². The molecule has 172 valence electrons. The molecule has 1 aromatic carbocycles. The molecule has 3 rings (SSSR count). The molecule has 0 radical (unpaired) electrons. The Morgan fingerprint density at radius 2 is 1.88 bits per heavy atom. The van der Waals surface area contributed by atoms with Gasteiger partial charge in [0.15, 0.2) is 11.4 Å². The summed E-state index contributed by atoms with van der Waals surface area (Å²) < 4.78 is 27.9. The van der Waals surface area contributed by atoms with Crippen LogP contribution in [0.3, 0.4) is 0 Å². The predicted molar refractivity (Wildman–Crippen MR) is 111 cm³/mol. The molecule has 2 atom stereocenters. The number of aryl methyl sites for hydroxylation is 1. The van der Waals surface area contributed by atoms with Crippen molar-refractivity contribution in [1.82, 2.24) is 15.2 Å². The highest BCUT2D eigenvalue weighted by Gasteiger charge is 2.26. The van der Waals surface area contributed by atoms with Crippen LogP contribution in [0.25, 0.3) is 0 Å². The van der Waals surface area contributed by atoms with Crippen LogP contribution in [0.4, 0.5) is 8.78 Å². The smallest absolute Gasteiger partial charge is 0.271 e. The number of aliphatic hydroxyl groups excluding tert-OH is 1. The first kappa shape index (κ1) is 23.4. The van der Waals surface area contributed by atoms with Gasteiger partial charge in [0.05, 0.1) is 6.10 Å². The highest BCUT2D eigenvalue weighted by atomic mass is 19.1. The second kappa shape index (κ2) is 9.90. The standard InChI is InChI=1S/C22H25F2N3O5/c1-27-11-15(21(31)25-9-12-6-7-14(23)8-16(12)24)19(29)20(30)18(27)22(32)26-10-13-4-2-3-5-17(13)28/h6-8,11,13,17,28,30H,2-5,9-10H2,1H3,(H,25,31)(H,26,32)/t13-,17-/m0/s1. The van der Waals surface area contributed by atoms with Crippen molar-refractivity contribution in [3.63, 3.8) is 0 Å². The summed E-state index contributed by atoms with van der Waals surface area (Å²) in [5.41, 5.74) is -1.79. The number of rotatable bonds is 6. The van der Waals surface area contributed by atoms with Crippen LogP contribution in [-0.4, -0.2) is 39.2 Å². The van der Waals surface area contributed by atoms with Crippen molar-refractivity contribution in [3.05, 3.63) is 63.1 Å². The van der Waals surface area contributed by atoms with Crippen molar-refractivity contribution in [2.24, 2.45) is 13.0 Å². The van der Waals surface area contributed by atoms with Gasteiger partial charge in [0.1, 0.15) is 17.2 Å². The number of aromatic hydroxyl groups is 1. The molecule has 0 saturated heterocycles. The van der Waals surface area contributed by atoms with E-state index < -0.39 is 46.3 Å². The van der Waals surface area contributed by atoms with Crippen LogP contribution in [0, 0.1) is 17.6 Å². The van der Waals surface area contributed by atoms with E-state index in [0.29, 0.717) is 12.5 Å². The number of amides is 2. The second-order valence-corrected chi connectivity index (χ2v) is 7.92. The van der Waals surface area contributed by atoms with Crippen molar-refractivity contribution in [2.45, 2.75) is 38.3 Å². The topological polar surface area (TPSA) is 121 Å². The molecule has 10 heteroatoms. The third kappa shape index (κ3) is 5.13. The highest BCUT2D eigenvalue weighted by molar-refractivity contribution is 5.98. The molecule has 0 bridgehead atoms. The van der Waals surface area contributed by atoms with Gasteiger partial charge in [-0.2, -0.15) is 0 Å². The third-order valence-corrected chi connectivity index (χ3v) is 5.67. The summed E-state index contributed by atoms with van der Waals surface area (Å²) in [6.45, 7) is -0.111. The minimum atomic E-state index is -1.05. The van der Waals surface area contributed by atoms with E-state index in [1.807, 2.05) is 0 Å². The minimum Gasteiger partial charge on any atom is -0.503 e. The average Bonchev–Trinajstić information content (AvgIpc) is 2.75. The third-order valence-electron chi connectivity index (χ3n) is 5.67. The molecule has 1 fully saturated rings. The summed E-state index contributed by atoms with van der Waals surface area (Å²) in [5.74, 6) is -4.21. The lowest BCUT2D eigenvalue weighted by Crippen LogP contribution is -2.38. The summed E-state index contributed by atoms with van der Waals surface area (Å²) in [5, 5.41) is 25.3. The van der Waals surface area contributed by atoms with Gasteiger partial charge in [-0.1, -0.05) is 18.9 Å². The number of carbonyl (C=O) groups excluding carboxylic acids is 2. The summed E-state index contributed by atoms with van der Waals surface area (Å²) in [6.07, 6.45) is 3.89. The van der Waals surface area contributed by atoms with Crippen LogP contribution in [-0.2, 0) is 13.6 Å². The zero-order chi connectivity index (χ0) is 23.4. The van der Waals surface area contributed by atoms with E-state index in [4.69, 9.17) is 0 Å². The Labute approximate surface area is 182 Å². The van der Waals surface area contributed by atoms with E-state index in [1.54, 1.807) is 0 Å². The summed E-state index contributed by atoms with van der Waals surface area (Å²) in [4.78, 5) is 37.5. The Morgan fingerprint density at radius 3 is 2.56 bits per heavy atom. The molecule has 0 aliphatic heterocycles. The Balaban J connectivity index is 1.72. The lowest BCUT2D eigenvalue weighted by molar-refractivity contribution is 0.0659. The van der Waals surface area contributed by atoms with E-state index in [0.717, 1.165) is 42.2 Å². The average molecular weight is 449 g/mol. The fourth-order valence-electron chi connectivity index (χ4n) is 3.82. The molecule has 1 aromatic heterocycles. The quantitative estimate of drug-likeness (QED) is 0.534. The number of hydrogen-bond donors (Lipinski definition) is 4. The van der Waals surface area contributed by atoms with Gasteiger partial charge in [-0.25, -0.2) is 8.78 Å². The van der Waals surface area contributed by atoms with Crippen LogP contribution < -0.4 is 16.1 Å². The number of aromatic nitrogens is 1. The number of nitrogens with zero attached hydrogens (tertiary/aromatic N) is 1. The molecule has 1 aliphatic rings. The van der Waals surface area contributed by atoms with E-state index in [2.05, 4.69) is 10.6 Å². The van der Waals surface area contributed by atoms with Crippen LogP contribution >= 0.6 is 0 Å². The van der Waals surface area contributed by atoms with Crippen molar-refractivity contribution < 1.29 is 28.6 Å². The number of pyridine rings is 1. The van der Waals surface area contributed by atoms with E-state index in [9.17, 15) is 33.4 Å². The van der Waals surface area contributed by atoms with Crippen LogP contribution in [0.1, 0.15) is 52.1 Å². The Kier molecular flexibility index (Phi) is 7.24. The number of hydrogen-bond acceptors (Lipinski definition) is 5. The molecule has 1 heterocycles. The summed E-state index contributed by atoms with van der Waals surface area (Å²) in [7, 11) is 1.39. The first-order valence-corrected chi connectivity index (χ1v) is 10.3. The van der Waals surface area contributed by atoms with Gasteiger partial charge in [0, 0.05) is 43.9 Å². The normalized spacial score (nSPS) is 18.2. The Morgan fingerprint density at radius 1 is 1.16 bits per heavy atom. The number of carbonyl (C=O) groups is 2. The number of nitrogens with one attached hydrogen (secondary N) is 2. The number of benzene rings is 1. The zero-order valence-electron chi connectivity index (χ0n) is 17.5. The molecule has 4 N–H and O–H groups in total. The van der Waals surface area contributed by atoms with E-state index in [-0.39, 0.29) is 30.3 Å². The minimum absolute atomic E-state index is 0.0155. The lowest BCUT2D eigenvalue weighted by Gasteiger charge is -2.27. The molecule has 1 saturated carbocycles. The fourth-order valence-corrected chi connectivity index (χ4v) is 3.82. The number of halogens is 2. The molecular weight excluding hydrogens is 424 g/mol. The zero-order valence-corrected chi connectivity index (χ0v) is 17.5. The van der Waals surface area contributed by atoms with Gasteiger partial charge in [-0.3, -0.25) is 14.4 Å². The Bertz CT molecular complexity index is 1090. The molecule has 8 nitrogen and oxygen atoms in total. The number of aliphatic hydroxyl groups is 1. The van der Waals surface area contributed by atoms with Crippen molar-refractivity contribution in [1.29, 1.82) is 0 Å². The first-order valence-electron chi connectivity index (χ1n) is 10.3. The first-order chi connectivity index (χ1) is 15.2. The molecule has 2 amide bonds. The SMILES string of the molecule is Cn1cc(C(=O)NCc2ccc(F)cc2F)c(=O)c(O)c1C(=O)NC[C@@H]1CCCC[C@@H]1O. The maximum absolute atomic E-state index is 13.7. The van der Waals surface area contributed by atoms with E-state index >= 15 is 0 Å². The van der Waals surface area contributed by atoms with Gasteiger partial charge >= 0.3 is 0 Å². The van der Waals surface area contributed by atoms with Gasteiger partial charge in [-0.05, 0) is 18.9 Å². The lowest BCUT2D eigenvalue weighted by atomic mass is 9.86. The van der Waals surface area contributed by atoms with Crippen LogP contribution in [0.5, 0.6) is 5.75 Å². The Hall–Kier alpha value is -3.27. The van der Waals surface area contributed by atoms with Gasteiger partial charge in [-0.15, -0.1) is 0 Å². The molecule has 1 aliphatic carbocycles. The van der Waals surface area contributed by atoms with E-state index in [1.165, 1.54) is 7.05 Å². The predicted octanol–water partition coefficient (Wildman–Crippen LogP) is 1.58. The highest BCUT2D eigenvalue weighted by Crippen LogP contribution is 2.24. The van der Waals surface area contributed by atoms with Crippen molar-refractivity contribution in [2.75, 3.05) is 6.54 Å². The van der Waals surface area contributed by atoms with Crippen LogP contribution in [0.2, 0.25) is 0 Å². The largest absolute Gasteiger partial charge is 0.503 e. The molecule has 2 aromatic rings. The monoisotopic (exact) mass is 449 g/mol. The van der Waals surface area contributed by atoms with Crippen LogP contribution in [0.15, 0.2) is 29.2 Å². The van der Waals surface area contributed by atoms with Crippen molar-refractivity contribution >= 4 is 11.8 Å². The van der Waals surface area contributed by atoms with Gasteiger partial charge in [0.25, 0.3) is 11.8 Å². The fraction of sp³-hybridized carbons (Fsp3) is 0.409. The summed E-state index contributed by atoms with van der Waals surface area (Å²) >= 11 is 0. The summed E-state index contributed by atoms with van der Waals surface area (Å²) in [6, 6.07) is 2.87. The van der Waals surface area contributed by atoms with Gasteiger partial charge < -0.3 is 25.4 Å². The molecule has 0 unspecified atom stereocenters. The molecule has 0 spiro atoms.